The lowest BCUT2D eigenvalue weighted by molar-refractivity contribution is 0.670. The Kier molecular flexibility index (Phi) is 6.85. The van der Waals surface area contributed by atoms with Crippen molar-refractivity contribution in [3.05, 3.63) is 90.0 Å². The molecule has 22 heavy (non-hydrogen) atoms. The van der Waals surface area contributed by atoms with E-state index in [9.17, 15) is 0 Å². The molecule has 0 aromatic heterocycles. The fourth-order valence-electron chi connectivity index (χ4n) is 2.14. The Labute approximate surface area is 136 Å². The molecule has 0 aliphatic carbocycles. The molecule has 0 amide bonds. The van der Waals surface area contributed by atoms with E-state index in [0.717, 1.165) is 5.57 Å². The summed E-state index contributed by atoms with van der Waals surface area (Å²) in [6.07, 6.45) is 4.35. The van der Waals surface area contributed by atoms with Gasteiger partial charge in [0.2, 0.25) is 0 Å². The van der Waals surface area contributed by atoms with Crippen molar-refractivity contribution in [3.8, 4) is 0 Å². The van der Waals surface area contributed by atoms with E-state index in [1.165, 1.54) is 16.7 Å². The van der Waals surface area contributed by atoms with Crippen molar-refractivity contribution in [2.75, 3.05) is 0 Å². The summed E-state index contributed by atoms with van der Waals surface area (Å²) in [6.45, 7) is 14.7. The fraction of sp³-hybridized carbons (Fsp3) is 0.273. The Morgan fingerprint density at radius 1 is 0.909 bits per heavy atom. The third-order valence-corrected chi connectivity index (χ3v) is 3.64. The van der Waals surface area contributed by atoms with E-state index < -0.39 is 0 Å². The molecule has 0 aliphatic heterocycles. The van der Waals surface area contributed by atoms with Gasteiger partial charge in [0, 0.05) is 5.41 Å². The van der Waals surface area contributed by atoms with Gasteiger partial charge in [-0.15, -0.1) is 0 Å². The van der Waals surface area contributed by atoms with Crippen LogP contribution in [0.4, 0.5) is 0 Å². The Hall–Kier alpha value is -2.08. The highest BCUT2D eigenvalue weighted by Gasteiger charge is 2.16. The summed E-state index contributed by atoms with van der Waals surface area (Å²) in [6, 6.07) is 19.0. The number of hydrogen-bond acceptors (Lipinski definition) is 0. The van der Waals surface area contributed by atoms with Gasteiger partial charge < -0.3 is 0 Å². The highest BCUT2D eigenvalue weighted by atomic mass is 14.2. The monoisotopic (exact) mass is 292 g/mol. The first-order valence-electron chi connectivity index (χ1n) is 8.00. The average Bonchev–Trinajstić information content (AvgIpc) is 2.56. The lowest BCUT2D eigenvalue weighted by atomic mass is 9.83. The van der Waals surface area contributed by atoms with Crippen LogP contribution in [0, 0.1) is 6.92 Å². The summed E-state index contributed by atoms with van der Waals surface area (Å²) in [7, 11) is 0. The lowest BCUT2D eigenvalue weighted by Crippen LogP contribution is -2.13. The number of rotatable bonds is 4. The van der Waals surface area contributed by atoms with Crippen LogP contribution in [0.2, 0.25) is 0 Å². The van der Waals surface area contributed by atoms with E-state index in [1.54, 1.807) is 0 Å². The predicted octanol–water partition coefficient (Wildman–Crippen LogP) is 6.57. The maximum atomic E-state index is 4.15. The van der Waals surface area contributed by atoms with E-state index in [2.05, 4.69) is 75.9 Å². The Morgan fingerprint density at radius 2 is 1.45 bits per heavy atom. The second-order valence-electron chi connectivity index (χ2n) is 5.81. The van der Waals surface area contributed by atoms with Crippen LogP contribution in [0.1, 0.15) is 44.4 Å². The first kappa shape index (κ1) is 18.0. The minimum Gasteiger partial charge on any atom is -0.0912 e. The van der Waals surface area contributed by atoms with Gasteiger partial charge in [0.05, 0.1) is 0 Å². The normalized spacial score (nSPS) is 11.0. The zero-order valence-corrected chi connectivity index (χ0v) is 14.6. The molecule has 2 aromatic carbocycles. The second kappa shape index (κ2) is 8.38. The molecule has 0 saturated heterocycles. The molecule has 0 nitrogen and oxygen atoms in total. The van der Waals surface area contributed by atoms with Crippen LogP contribution in [0.5, 0.6) is 0 Å². The highest BCUT2D eigenvalue weighted by Crippen LogP contribution is 2.26. The molecule has 0 unspecified atom stereocenters. The maximum Gasteiger partial charge on any atom is 0.00786 e. The number of aryl methyl sites for hydroxylation is 1. The van der Waals surface area contributed by atoms with Gasteiger partial charge >= 0.3 is 0 Å². The van der Waals surface area contributed by atoms with Crippen LogP contribution >= 0.6 is 0 Å². The van der Waals surface area contributed by atoms with Crippen LogP contribution in [-0.4, -0.2) is 0 Å². The van der Waals surface area contributed by atoms with Crippen molar-refractivity contribution in [2.45, 2.75) is 40.0 Å². The van der Waals surface area contributed by atoms with Crippen LogP contribution in [0.25, 0.3) is 5.57 Å². The summed E-state index contributed by atoms with van der Waals surface area (Å²) < 4.78 is 0. The third kappa shape index (κ3) is 5.04. The zero-order valence-electron chi connectivity index (χ0n) is 14.6. The van der Waals surface area contributed by atoms with Crippen molar-refractivity contribution < 1.29 is 0 Å². The van der Waals surface area contributed by atoms with Crippen molar-refractivity contribution in [3.63, 3.8) is 0 Å². The largest absolute Gasteiger partial charge is 0.0912 e. The van der Waals surface area contributed by atoms with Crippen molar-refractivity contribution in [1.29, 1.82) is 0 Å². The van der Waals surface area contributed by atoms with Gasteiger partial charge in [-0.3, -0.25) is 0 Å². The number of hydrogen-bond donors (Lipinski definition) is 0. The van der Waals surface area contributed by atoms with Gasteiger partial charge in [0.25, 0.3) is 0 Å². The standard InChI is InChI=1S/C20H22.C2H6/c1-16-10-12-19(13-11-16)20(3,4)15-14-17(2)18-8-6-5-7-9-18;1-2/h5-15H,2H2,1,3-4H3;1-2H3/b15-14-;. The summed E-state index contributed by atoms with van der Waals surface area (Å²) in [5.41, 5.74) is 4.84. The minimum atomic E-state index is 0.00538. The van der Waals surface area contributed by atoms with E-state index in [1.807, 2.05) is 32.0 Å². The minimum absolute atomic E-state index is 0.00538. The Balaban J connectivity index is 0.00000116. The molecule has 0 fully saturated rings. The van der Waals surface area contributed by atoms with Gasteiger partial charge in [0.1, 0.15) is 0 Å². The van der Waals surface area contributed by atoms with Crippen LogP contribution in [-0.2, 0) is 5.41 Å². The second-order valence-corrected chi connectivity index (χ2v) is 5.81. The molecule has 0 aliphatic rings. The van der Waals surface area contributed by atoms with Crippen LogP contribution < -0.4 is 0 Å². The highest BCUT2D eigenvalue weighted by molar-refractivity contribution is 5.72. The molecule has 0 heterocycles. The zero-order chi connectivity index (χ0) is 16.6. The molecule has 0 N–H and O–H groups in total. The first-order valence-corrected chi connectivity index (χ1v) is 8.00. The fourth-order valence-corrected chi connectivity index (χ4v) is 2.14. The molecular formula is C22H28. The van der Waals surface area contributed by atoms with E-state index >= 15 is 0 Å². The number of allylic oxidation sites excluding steroid dienone is 3. The summed E-state index contributed by atoms with van der Waals surface area (Å²) in [4.78, 5) is 0. The number of benzene rings is 2. The molecule has 2 aromatic rings. The van der Waals surface area contributed by atoms with Crippen molar-refractivity contribution in [1.82, 2.24) is 0 Å². The van der Waals surface area contributed by atoms with Gasteiger partial charge in [-0.2, -0.15) is 0 Å². The smallest absolute Gasteiger partial charge is 0.00786 e. The topological polar surface area (TPSA) is 0 Å². The van der Waals surface area contributed by atoms with E-state index in [0.29, 0.717) is 0 Å². The molecule has 0 atom stereocenters. The molecule has 2 rings (SSSR count). The molecular weight excluding hydrogens is 264 g/mol. The van der Waals surface area contributed by atoms with Crippen LogP contribution in [0.3, 0.4) is 0 Å². The molecule has 0 spiro atoms. The summed E-state index contributed by atoms with van der Waals surface area (Å²) in [5, 5.41) is 0. The SMILES string of the molecule is C=C(/C=C\C(C)(C)c1ccc(C)cc1)c1ccccc1.CC. The summed E-state index contributed by atoms with van der Waals surface area (Å²) in [5.74, 6) is 0. The quantitative estimate of drug-likeness (QED) is 0.559. The van der Waals surface area contributed by atoms with Gasteiger partial charge in [-0.1, -0.05) is 107 Å². The lowest BCUT2D eigenvalue weighted by Gasteiger charge is -2.21. The van der Waals surface area contributed by atoms with Gasteiger partial charge in [-0.05, 0) is 23.6 Å². The first-order chi connectivity index (χ1) is 10.5. The Bertz CT molecular complexity index is 598. The van der Waals surface area contributed by atoms with Crippen molar-refractivity contribution >= 4 is 5.57 Å². The van der Waals surface area contributed by atoms with Gasteiger partial charge in [-0.25, -0.2) is 0 Å². The van der Waals surface area contributed by atoms with E-state index in [4.69, 9.17) is 0 Å². The molecule has 0 bridgehead atoms. The Morgan fingerprint density at radius 3 is 2.00 bits per heavy atom. The molecule has 0 radical (unpaired) electrons. The summed E-state index contributed by atoms with van der Waals surface area (Å²) >= 11 is 0. The predicted molar refractivity (Wildman–Crippen MR) is 100 cm³/mol. The van der Waals surface area contributed by atoms with Gasteiger partial charge in [0.15, 0.2) is 0 Å². The molecule has 0 heteroatoms. The molecule has 0 saturated carbocycles. The van der Waals surface area contributed by atoms with Crippen molar-refractivity contribution in [2.24, 2.45) is 0 Å². The average molecular weight is 292 g/mol. The van der Waals surface area contributed by atoms with Crippen LogP contribution in [0.15, 0.2) is 73.3 Å². The molecule has 116 valence electrons. The van der Waals surface area contributed by atoms with E-state index in [-0.39, 0.29) is 5.41 Å². The maximum absolute atomic E-state index is 4.15. The third-order valence-electron chi connectivity index (χ3n) is 3.64.